The Bertz CT molecular complexity index is 949. The molecule has 31 heavy (non-hydrogen) atoms. The number of allylic oxidation sites excluding steroid dienone is 2. The first-order valence-electron chi connectivity index (χ1n) is 9.96. The maximum absolute atomic E-state index is 13.0. The predicted octanol–water partition coefficient (Wildman–Crippen LogP) is 1.83. The van der Waals surface area contributed by atoms with Gasteiger partial charge in [0.15, 0.2) is 0 Å². The minimum Gasteiger partial charge on any atom is -0.381 e. The Balaban J connectivity index is 2.18. The highest BCUT2D eigenvalue weighted by atomic mass is 16.2. The van der Waals surface area contributed by atoms with E-state index in [0.717, 1.165) is 21.7 Å². The topological polar surface area (TPSA) is 122 Å². The standard InChI is InChI=1S/C23H28N4O4/c1-4-17(12-24)9-8-15(2)13-25-19-7-5-6-18(16(19)3)23(31)27(14-28)20-10-11-21(29)26-22(20)30/h4-9,14,20,25H,1,10-13,24H2,2-3H3,(H,26,29,30)/b15-8+,17-9+. The molecule has 0 spiro atoms. The van der Waals surface area contributed by atoms with Gasteiger partial charge in [-0.2, -0.15) is 0 Å². The third-order valence-electron chi connectivity index (χ3n) is 5.10. The summed E-state index contributed by atoms with van der Waals surface area (Å²) in [5.74, 6) is -1.64. The molecule has 1 heterocycles. The molecule has 2 rings (SSSR count). The number of imide groups is 2. The lowest BCUT2D eigenvalue weighted by Crippen LogP contribution is -2.53. The first-order valence-corrected chi connectivity index (χ1v) is 9.96. The van der Waals surface area contributed by atoms with Gasteiger partial charge in [0.1, 0.15) is 6.04 Å². The van der Waals surface area contributed by atoms with E-state index in [1.807, 2.05) is 25.1 Å². The fourth-order valence-electron chi connectivity index (χ4n) is 3.17. The van der Waals surface area contributed by atoms with Crippen LogP contribution in [-0.4, -0.2) is 48.2 Å². The van der Waals surface area contributed by atoms with Gasteiger partial charge in [0, 0.05) is 30.8 Å². The second kappa shape index (κ2) is 11.0. The van der Waals surface area contributed by atoms with Crippen molar-refractivity contribution in [3.8, 4) is 0 Å². The van der Waals surface area contributed by atoms with Gasteiger partial charge in [-0.05, 0) is 43.5 Å². The van der Waals surface area contributed by atoms with Crippen LogP contribution >= 0.6 is 0 Å². The Morgan fingerprint density at radius 1 is 1.35 bits per heavy atom. The van der Waals surface area contributed by atoms with Gasteiger partial charge in [-0.1, -0.05) is 36.4 Å². The molecule has 164 valence electrons. The molecular weight excluding hydrogens is 396 g/mol. The lowest BCUT2D eigenvalue weighted by molar-refractivity contribution is -0.139. The summed E-state index contributed by atoms with van der Waals surface area (Å²) < 4.78 is 0. The Morgan fingerprint density at radius 2 is 2.10 bits per heavy atom. The van der Waals surface area contributed by atoms with E-state index in [1.165, 1.54) is 0 Å². The van der Waals surface area contributed by atoms with E-state index in [1.54, 1.807) is 25.1 Å². The Hall–Kier alpha value is -3.52. The van der Waals surface area contributed by atoms with E-state index in [2.05, 4.69) is 17.2 Å². The second-order valence-corrected chi connectivity index (χ2v) is 7.28. The molecule has 8 nitrogen and oxygen atoms in total. The number of carbonyl (C=O) groups is 4. The van der Waals surface area contributed by atoms with Crippen molar-refractivity contribution in [1.82, 2.24) is 10.2 Å². The number of hydrogen-bond donors (Lipinski definition) is 3. The van der Waals surface area contributed by atoms with Crippen LogP contribution < -0.4 is 16.4 Å². The SMILES string of the molecule is C=C/C(=C\C=C(/C)CNc1cccc(C(=O)N(C=O)C2CCC(=O)NC2=O)c1C)CN. The van der Waals surface area contributed by atoms with E-state index >= 15 is 0 Å². The Kier molecular flexibility index (Phi) is 8.45. The summed E-state index contributed by atoms with van der Waals surface area (Å²) in [5, 5.41) is 5.45. The molecule has 1 aliphatic rings. The number of rotatable bonds is 9. The summed E-state index contributed by atoms with van der Waals surface area (Å²) in [6, 6.07) is 4.15. The van der Waals surface area contributed by atoms with Gasteiger partial charge < -0.3 is 11.1 Å². The number of nitrogens with two attached hydrogens (primary N) is 1. The molecule has 0 radical (unpaired) electrons. The van der Waals surface area contributed by atoms with Gasteiger partial charge in [-0.25, -0.2) is 0 Å². The zero-order valence-corrected chi connectivity index (χ0v) is 17.8. The number of nitrogens with zero attached hydrogens (tertiary/aromatic N) is 1. The van der Waals surface area contributed by atoms with E-state index < -0.39 is 23.8 Å². The maximum Gasteiger partial charge on any atom is 0.261 e. The van der Waals surface area contributed by atoms with E-state index in [9.17, 15) is 19.2 Å². The highest BCUT2D eigenvalue weighted by Gasteiger charge is 2.35. The minimum absolute atomic E-state index is 0.0758. The summed E-state index contributed by atoms with van der Waals surface area (Å²) in [7, 11) is 0. The van der Waals surface area contributed by atoms with Crippen LogP contribution in [0.5, 0.6) is 0 Å². The molecule has 1 unspecified atom stereocenters. The van der Waals surface area contributed by atoms with Crippen molar-refractivity contribution in [2.45, 2.75) is 32.7 Å². The summed E-state index contributed by atoms with van der Waals surface area (Å²) >= 11 is 0. The van der Waals surface area contributed by atoms with Crippen LogP contribution in [0.4, 0.5) is 5.69 Å². The molecular formula is C23H28N4O4. The van der Waals surface area contributed by atoms with Crippen LogP contribution in [0.3, 0.4) is 0 Å². The molecule has 8 heteroatoms. The van der Waals surface area contributed by atoms with Gasteiger partial charge in [-0.3, -0.25) is 29.4 Å². The smallest absolute Gasteiger partial charge is 0.261 e. The van der Waals surface area contributed by atoms with Crippen molar-refractivity contribution in [1.29, 1.82) is 0 Å². The number of nitrogens with one attached hydrogen (secondary N) is 2. The summed E-state index contributed by atoms with van der Waals surface area (Å²) in [5.41, 5.74) is 9.28. The number of anilines is 1. The third kappa shape index (κ3) is 5.99. The average molecular weight is 425 g/mol. The van der Waals surface area contributed by atoms with Crippen molar-refractivity contribution in [2.24, 2.45) is 5.73 Å². The third-order valence-corrected chi connectivity index (χ3v) is 5.10. The minimum atomic E-state index is -1.00. The molecule has 1 atom stereocenters. The maximum atomic E-state index is 13.0. The van der Waals surface area contributed by atoms with E-state index in [0.29, 0.717) is 30.6 Å². The zero-order valence-electron chi connectivity index (χ0n) is 17.8. The highest BCUT2D eigenvalue weighted by molar-refractivity contribution is 6.08. The number of carbonyl (C=O) groups excluding carboxylic acids is 4. The highest BCUT2D eigenvalue weighted by Crippen LogP contribution is 2.22. The van der Waals surface area contributed by atoms with E-state index in [-0.39, 0.29) is 12.8 Å². The van der Waals surface area contributed by atoms with Crippen LogP contribution in [0, 0.1) is 6.92 Å². The van der Waals surface area contributed by atoms with Crippen LogP contribution in [0.1, 0.15) is 35.7 Å². The fourth-order valence-corrected chi connectivity index (χ4v) is 3.17. The van der Waals surface area contributed by atoms with E-state index in [4.69, 9.17) is 5.73 Å². The quantitative estimate of drug-likeness (QED) is 0.316. The molecule has 1 aromatic carbocycles. The van der Waals surface area contributed by atoms with Crippen molar-refractivity contribution in [3.05, 3.63) is 65.3 Å². The monoisotopic (exact) mass is 424 g/mol. The van der Waals surface area contributed by atoms with Gasteiger partial charge in [0.2, 0.25) is 18.2 Å². The van der Waals surface area contributed by atoms with Gasteiger partial charge in [0.05, 0.1) is 0 Å². The van der Waals surface area contributed by atoms with Crippen molar-refractivity contribution >= 4 is 29.8 Å². The fraction of sp³-hybridized carbons (Fsp3) is 0.304. The molecule has 0 saturated carbocycles. The van der Waals surface area contributed by atoms with Crippen LogP contribution in [0.15, 0.2) is 54.2 Å². The van der Waals surface area contributed by atoms with Crippen LogP contribution in [-0.2, 0) is 14.4 Å². The molecule has 1 aromatic rings. The molecule has 4 N–H and O–H groups in total. The average Bonchev–Trinajstić information content (AvgIpc) is 2.75. The number of benzene rings is 1. The van der Waals surface area contributed by atoms with Gasteiger partial charge >= 0.3 is 0 Å². The van der Waals surface area contributed by atoms with Crippen molar-refractivity contribution < 1.29 is 19.2 Å². The molecule has 0 bridgehead atoms. The lowest BCUT2D eigenvalue weighted by Gasteiger charge is -2.29. The molecule has 0 aliphatic carbocycles. The normalized spacial score (nSPS) is 17.1. The zero-order chi connectivity index (χ0) is 23.0. The first-order chi connectivity index (χ1) is 14.8. The molecule has 1 aliphatic heterocycles. The van der Waals surface area contributed by atoms with Crippen molar-refractivity contribution in [3.63, 3.8) is 0 Å². The Morgan fingerprint density at radius 3 is 2.71 bits per heavy atom. The molecule has 0 aromatic heterocycles. The van der Waals surface area contributed by atoms with Crippen LogP contribution in [0.25, 0.3) is 0 Å². The molecule has 4 amide bonds. The summed E-state index contributed by atoms with van der Waals surface area (Å²) in [4.78, 5) is 49.0. The molecule has 1 fully saturated rings. The number of piperidine rings is 1. The summed E-state index contributed by atoms with van der Waals surface area (Å²) in [6.45, 7) is 8.38. The van der Waals surface area contributed by atoms with Gasteiger partial charge in [-0.15, -0.1) is 0 Å². The largest absolute Gasteiger partial charge is 0.381 e. The number of hydrogen-bond acceptors (Lipinski definition) is 6. The second-order valence-electron chi connectivity index (χ2n) is 7.28. The van der Waals surface area contributed by atoms with Crippen molar-refractivity contribution in [2.75, 3.05) is 18.4 Å². The Labute approximate surface area is 181 Å². The summed E-state index contributed by atoms with van der Waals surface area (Å²) in [6.07, 6.45) is 6.08. The lowest BCUT2D eigenvalue weighted by atomic mass is 10.0. The number of amides is 4. The predicted molar refractivity (Wildman–Crippen MR) is 119 cm³/mol. The van der Waals surface area contributed by atoms with Gasteiger partial charge in [0.25, 0.3) is 5.91 Å². The molecule has 1 saturated heterocycles. The van der Waals surface area contributed by atoms with Crippen LogP contribution in [0.2, 0.25) is 0 Å². The first kappa shape index (κ1) is 23.8.